The fourth-order valence-electron chi connectivity index (χ4n) is 2.24. The lowest BCUT2D eigenvalue weighted by Gasteiger charge is -2.23. The molecular formula is C16H16Cl2F2N2O2S. The molecule has 0 radical (unpaired) electrons. The first kappa shape index (κ1) is 20.1. The first-order valence-electron chi connectivity index (χ1n) is 7.16. The highest BCUT2D eigenvalue weighted by Crippen LogP contribution is 2.27. The van der Waals surface area contributed by atoms with Crippen LogP contribution in [0, 0.1) is 11.6 Å². The molecule has 1 N–H and O–H groups in total. The monoisotopic (exact) mass is 408 g/mol. The van der Waals surface area contributed by atoms with Crippen LogP contribution in [0.1, 0.15) is 11.6 Å². The number of benzene rings is 2. The van der Waals surface area contributed by atoms with Gasteiger partial charge in [-0.2, -0.15) is 0 Å². The largest absolute Gasteiger partial charge is 0.307 e. The molecule has 0 saturated heterocycles. The van der Waals surface area contributed by atoms with Gasteiger partial charge in [-0.15, -0.1) is 0 Å². The first-order valence-corrected chi connectivity index (χ1v) is 9.40. The van der Waals surface area contributed by atoms with Crippen molar-refractivity contribution in [3.8, 4) is 0 Å². The molecule has 0 aliphatic rings. The van der Waals surface area contributed by atoms with Crippen LogP contribution in [-0.2, 0) is 10.0 Å². The van der Waals surface area contributed by atoms with Crippen LogP contribution in [-0.4, -0.2) is 34.0 Å². The van der Waals surface area contributed by atoms with Crippen molar-refractivity contribution in [3.05, 3.63) is 63.6 Å². The van der Waals surface area contributed by atoms with Crippen LogP contribution in [0.4, 0.5) is 8.78 Å². The minimum absolute atomic E-state index is 0.277. The predicted molar refractivity (Wildman–Crippen MR) is 94.4 cm³/mol. The van der Waals surface area contributed by atoms with E-state index < -0.39 is 32.6 Å². The molecule has 2 rings (SSSR count). The van der Waals surface area contributed by atoms with Gasteiger partial charge in [-0.1, -0.05) is 29.3 Å². The van der Waals surface area contributed by atoms with E-state index in [4.69, 9.17) is 23.2 Å². The Labute approximate surface area is 155 Å². The Hall–Kier alpha value is -1.25. The minimum atomic E-state index is -4.15. The maximum atomic E-state index is 13.4. The molecule has 25 heavy (non-hydrogen) atoms. The van der Waals surface area contributed by atoms with E-state index in [1.165, 1.54) is 0 Å². The highest BCUT2D eigenvalue weighted by atomic mass is 35.5. The van der Waals surface area contributed by atoms with Crippen LogP contribution in [0.15, 0.2) is 41.3 Å². The van der Waals surface area contributed by atoms with Crippen LogP contribution in [0.5, 0.6) is 0 Å². The molecule has 0 spiro atoms. The van der Waals surface area contributed by atoms with Crippen molar-refractivity contribution in [1.82, 2.24) is 9.62 Å². The van der Waals surface area contributed by atoms with Crippen molar-refractivity contribution in [2.24, 2.45) is 0 Å². The van der Waals surface area contributed by atoms with Gasteiger partial charge in [0.15, 0.2) is 0 Å². The Morgan fingerprint density at radius 1 is 1.04 bits per heavy atom. The SMILES string of the molecule is CN(C)C[C@H](NS(=O)(=O)c1cc(F)cc(F)c1)c1ccc(Cl)c(Cl)c1. The lowest BCUT2D eigenvalue weighted by Crippen LogP contribution is -2.35. The van der Waals surface area contributed by atoms with Crippen LogP contribution in [0.3, 0.4) is 0 Å². The molecule has 4 nitrogen and oxygen atoms in total. The average molecular weight is 409 g/mol. The zero-order valence-electron chi connectivity index (χ0n) is 13.4. The molecule has 0 bridgehead atoms. The number of nitrogens with zero attached hydrogens (tertiary/aromatic N) is 1. The van der Waals surface area contributed by atoms with Gasteiger partial charge in [0.25, 0.3) is 0 Å². The Balaban J connectivity index is 2.39. The van der Waals surface area contributed by atoms with Crippen LogP contribution >= 0.6 is 23.2 Å². The molecule has 0 amide bonds. The number of rotatable bonds is 6. The van der Waals surface area contributed by atoms with Crippen LogP contribution < -0.4 is 4.72 Å². The van der Waals surface area contributed by atoms with E-state index in [1.54, 1.807) is 37.2 Å². The zero-order valence-corrected chi connectivity index (χ0v) is 15.8. The molecule has 2 aromatic carbocycles. The van der Waals surface area contributed by atoms with E-state index >= 15 is 0 Å². The fourth-order valence-corrected chi connectivity index (χ4v) is 3.81. The first-order chi connectivity index (χ1) is 11.6. The third-order valence-electron chi connectivity index (χ3n) is 3.34. The lowest BCUT2D eigenvalue weighted by molar-refractivity contribution is 0.363. The third-order valence-corrected chi connectivity index (χ3v) is 5.53. The molecule has 0 aromatic heterocycles. The number of hydrogen-bond acceptors (Lipinski definition) is 3. The van der Waals surface area contributed by atoms with E-state index in [2.05, 4.69) is 4.72 Å². The van der Waals surface area contributed by atoms with Gasteiger partial charge in [0.1, 0.15) is 11.6 Å². The Kier molecular flexibility index (Phi) is 6.40. The van der Waals surface area contributed by atoms with E-state index in [-0.39, 0.29) is 5.02 Å². The number of hydrogen-bond donors (Lipinski definition) is 1. The van der Waals surface area contributed by atoms with Crippen molar-refractivity contribution in [2.75, 3.05) is 20.6 Å². The number of nitrogens with one attached hydrogen (secondary N) is 1. The summed E-state index contributed by atoms with van der Waals surface area (Å²) in [6.07, 6.45) is 0. The van der Waals surface area contributed by atoms with Crippen LogP contribution in [0.2, 0.25) is 10.0 Å². The summed E-state index contributed by atoms with van der Waals surface area (Å²) in [7, 11) is -0.625. The van der Waals surface area contributed by atoms with Crippen molar-refractivity contribution < 1.29 is 17.2 Å². The predicted octanol–water partition coefficient (Wildman–Crippen LogP) is 3.85. The summed E-state index contributed by atoms with van der Waals surface area (Å²) >= 11 is 11.9. The average Bonchev–Trinajstić information content (AvgIpc) is 2.47. The summed E-state index contributed by atoms with van der Waals surface area (Å²) in [4.78, 5) is 1.27. The van der Waals surface area contributed by atoms with E-state index in [0.717, 1.165) is 12.1 Å². The van der Waals surface area contributed by atoms with E-state index in [9.17, 15) is 17.2 Å². The van der Waals surface area contributed by atoms with Gasteiger partial charge in [0.2, 0.25) is 10.0 Å². The van der Waals surface area contributed by atoms with Crippen LogP contribution in [0.25, 0.3) is 0 Å². The second kappa shape index (κ2) is 7.97. The summed E-state index contributed by atoms with van der Waals surface area (Å²) in [6.45, 7) is 0.301. The van der Waals surface area contributed by atoms with Crippen molar-refractivity contribution in [3.63, 3.8) is 0 Å². The normalized spacial score (nSPS) is 13.2. The van der Waals surface area contributed by atoms with Gasteiger partial charge in [-0.05, 0) is 43.9 Å². The topological polar surface area (TPSA) is 49.4 Å². The maximum Gasteiger partial charge on any atom is 0.241 e. The molecule has 1 atom stereocenters. The second-order valence-corrected chi connectivity index (χ2v) is 8.24. The van der Waals surface area contributed by atoms with E-state index in [1.807, 2.05) is 0 Å². The Morgan fingerprint density at radius 2 is 1.64 bits per heavy atom. The summed E-state index contributed by atoms with van der Waals surface area (Å²) in [6, 6.07) is 6.16. The maximum absolute atomic E-state index is 13.4. The molecule has 0 unspecified atom stereocenters. The lowest BCUT2D eigenvalue weighted by atomic mass is 10.1. The fraction of sp³-hybridized carbons (Fsp3) is 0.250. The minimum Gasteiger partial charge on any atom is -0.307 e. The standard InChI is InChI=1S/C16H16Cl2F2N2O2S/c1-22(2)9-16(10-3-4-14(17)15(18)5-10)21-25(23,24)13-7-11(19)6-12(20)8-13/h3-8,16,21H,9H2,1-2H3/t16-/m0/s1. The summed E-state index contributed by atoms with van der Waals surface area (Å²) in [5, 5.41) is 0.614. The smallest absolute Gasteiger partial charge is 0.241 e. The van der Waals surface area contributed by atoms with Gasteiger partial charge >= 0.3 is 0 Å². The Bertz CT molecular complexity index is 856. The summed E-state index contributed by atoms with van der Waals surface area (Å²) in [5.41, 5.74) is 0.573. The van der Waals surface area contributed by atoms with Crippen molar-refractivity contribution >= 4 is 33.2 Å². The third kappa shape index (κ3) is 5.36. The number of sulfonamides is 1. The van der Waals surface area contributed by atoms with Gasteiger partial charge in [-0.25, -0.2) is 21.9 Å². The zero-order chi connectivity index (χ0) is 18.8. The van der Waals surface area contributed by atoms with Gasteiger partial charge in [-0.3, -0.25) is 0 Å². The molecule has 0 aliphatic heterocycles. The summed E-state index contributed by atoms with van der Waals surface area (Å²) < 4.78 is 54.2. The van der Waals surface area contributed by atoms with Crippen molar-refractivity contribution in [2.45, 2.75) is 10.9 Å². The molecule has 0 aliphatic carbocycles. The molecule has 136 valence electrons. The quantitative estimate of drug-likeness (QED) is 0.789. The molecule has 0 heterocycles. The molecule has 0 fully saturated rings. The molecule has 9 heteroatoms. The van der Waals surface area contributed by atoms with Gasteiger partial charge in [0.05, 0.1) is 21.0 Å². The van der Waals surface area contributed by atoms with Gasteiger partial charge in [0, 0.05) is 12.6 Å². The second-order valence-electron chi connectivity index (χ2n) is 5.71. The molecule has 2 aromatic rings. The van der Waals surface area contributed by atoms with E-state index in [0.29, 0.717) is 23.2 Å². The Morgan fingerprint density at radius 3 is 2.16 bits per heavy atom. The molecule has 0 saturated carbocycles. The van der Waals surface area contributed by atoms with Crippen molar-refractivity contribution in [1.29, 1.82) is 0 Å². The number of likely N-dealkylation sites (N-methyl/N-ethyl adjacent to an activating group) is 1. The number of halogens is 4. The summed E-state index contributed by atoms with van der Waals surface area (Å²) in [5.74, 6) is -1.95. The van der Waals surface area contributed by atoms with Gasteiger partial charge < -0.3 is 4.90 Å². The molecular weight excluding hydrogens is 393 g/mol. The highest BCUT2D eigenvalue weighted by Gasteiger charge is 2.23. The highest BCUT2D eigenvalue weighted by molar-refractivity contribution is 7.89.